The fourth-order valence-electron chi connectivity index (χ4n) is 4.86. The van der Waals surface area contributed by atoms with Gasteiger partial charge in [0.2, 0.25) is 0 Å². The molecule has 40 heavy (non-hydrogen) atoms. The molecule has 0 N–H and O–H groups in total. The van der Waals surface area contributed by atoms with Crippen molar-refractivity contribution in [2.24, 2.45) is 0 Å². The minimum Gasteiger partial charge on any atom is -0.496 e. The molecule has 0 bridgehead atoms. The van der Waals surface area contributed by atoms with Crippen LogP contribution in [0.4, 0.5) is 0 Å². The van der Waals surface area contributed by atoms with Crippen LogP contribution in [0.5, 0.6) is 23.0 Å². The summed E-state index contributed by atoms with van der Waals surface area (Å²) in [4.78, 5) is 0. The third-order valence-corrected chi connectivity index (χ3v) is 7.60. The lowest BCUT2D eigenvalue weighted by atomic mass is 9.90. The molecule has 0 aromatic heterocycles. The van der Waals surface area contributed by atoms with E-state index in [1.54, 1.807) is 28.4 Å². The van der Waals surface area contributed by atoms with Crippen LogP contribution in [0.1, 0.15) is 34.1 Å². The van der Waals surface area contributed by atoms with Crippen LogP contribution < -0.4 is 18.9 Å². The van der Waals surface area contributed by atoms with Crippen molar-refractivity contribution >= 4 is 8.25 Å². The van der Waals surface area contributed by atoms with E-state index >= 15 is 0 Å². The molecule has 4 rings (SSSR count). The van der Waals surface area contributed by atoms with Gasteiger partial charge in [-0.25, -0.2) is 0 Å². The van der Waals surface area contributed by atoms with Gasteiger partial charge in [0.25, 0.3) is 0 Å². The van der Waals surface area contributed by atoms with Crippen molar-refractivity contribution in [2.45, 2.75) is 11.8 Å². The van der Waals surface area contributed by atoms with Crippen LogP contribution in [-0.4, -0.2) is 41.7 Å². The van der Waals surface area contributed by atoms with E-state index in [-0.39, 0.29) is 25.0 Å². The number of benzene rings is 4. The third-order valence-electron chi connectivity index (χ3n) is 6.79. The average molecular weight is 563 g/mol. The van der Waals surface area contributed by atoms with Crippen molar-refractivity contribution < 1.29 is 32.6 Å². The van der Waals surface area contributed by atoms with Gasteiger partial charge in [-0.05, 0) is 24.3 Å². The number of hydrogen-bond acceptors (Lipinski definition) is 7. The van der Waals surface area contributed by atoms with Gasteiger partial charge < -0.3 is 28.0 Å². The fourth-order valence-corrected chi connectivity index (χ4v) is 5.54. The maximum atomic E-state index is 13.2. The minimum atomic E-state index is -2.90. The smallest absolute Gasteiger partial charge is 0.319 e. The lowest BCUT2D eigenvalue weighted by molar-refractivity contribution is 0.213. The summed E-state index contributed by atoms with van der Waals surface area (Å²) in [6, 6.07) is 30.8. The Kier molecular flexibility index (Phi) is 10.6. The maximum absolute atomic E-state index is 13.2. The van der Waals surface area contributed by atoms with Crippen LogP contribution in [0.2, 0.25) is 0 Å². The monoisotopic (exact) mass is 562 g/mol. The molecule has 4 aromatic carbocycles. The summed E-state index contributed by atoms with van der Waals surface area (Å²) in [7, 11) is 3.60. The molecule has 7 nitrogen and oxygen atoms in total. The molecule has 0 fully saturated rings. The van der Waals surface area contributed by atoms with Crippen molar-refractivity contribution in [3.63, 3.8) is 0 Å². The Balaban J connectivity index is 1.57. The minimum absolute atomic E-state index is 0.104. The Bertz CT molecular complexity index is 1210. The van der Waals surface area contributed by atoms with Crippen LogP contribution in [0, 0.1) is 0 Å². The SMILES string of the molecule is COc1ccccc1C(CO[PH](=O)OCC(c1ccccc1OC)c1ccccc1OC)c1ccccc1OC. The summed E-state index contributed by atoms with van der Waals surface area (Å²) >= 11 is 0. The summed E-state index contributed by atoms with van der Waals surface area (Å²) < 4.78 is 47.5. The number of rotatable bonds is 14. The van der Waals surface area contributed by atoms with Crippen LogP contribution >= 0.6 is 8.25 Å². The molecule has 0 amide bonds. The van der Waals surface area contributed by atoms with Crippen molar-refractivity contribution in [1.29, 1.82) is 0 Å². The van der Waals surface area contributed by atoms with Crippen LogP contribution in [0.25, 0.3) is 0 Å². The van der Waals surface area contributed by atoms with E-state index in [4.69, 9.17) is 28.0 Å². The van der Waals surface area contributed by atoms with Crippen LogP contribution in [0.3, 0.4) is 0 Å². The number of para-hydroxylation sites is 4. The van der Waals surface area contributed by atoms with Gasteiger partial charge in [-0.3, -0.25) is 4.57 Å². The van der Waals surface area contributed by atoms with Gasteiger partial charge in [0.15, 0.2) is 0 Å². The van der Waals surface area contributed by atoms with Gasteiger partial charge in [0.1, 0.15) is 23.0 Å². The first-order chi connectivity index (χ1) is 19.6. The first-order valence-electron chi connectivity index (χ1n) is 12.9. The largest absolute Gasteiger partial charge is 0.496 e. The lowest BCUT2D eigenvalue weighted by Crippen LogP contribution is -2.12. The molecular formula is C32H35O7P. The Hall–Kier alpha value is -3.77. The Morgan fingerprint density at radius 1 is 0.475 bits per heavy atom. The van der Waals surface area contributed by atoms with Gasteiger partial charge in [0.05, 0.1) is 41.7 Å². The highest BCUT2D eigenvalue weighted by molar-refractivity contribution is 7.33. The first kappa shape index (κ1) is 29.2. The molecule has 0 saturated heterocycles. The van der Waals surface area contributed by atoms with E-state index in [1.165, 1.54) is 0 Å². The van der Waals surface area contributed by atoms with E-state index in [1.807, 2.05) is 97.1 Å². The fraction of sp³-hybridized carbons (Fsp3) is 0.250. The predicted molar refractivity (Wildman–Crippen MR) is 157 cm³/mol. The Morgan fingerprint density at radius 2 is 0.725 bits per heavy atom. The van der Waals surface area contributed by atoms with Crippen LogP contribution in [-0.2, 0) is 13.6 Å². The molecule has 210 valence electrons. The normalized spacial score (nSPS) is 11.2. The summed E-state index contributed by atoms with van der Waals surface area (Å²) in [5.74, 6) is 2.21. The van der Waals surface area contributed by atoms with E-state index in [2.05, 4.69) is 0 Å². The number of ether oxygens (including phenoxy) is 4. The second-order valence-corrected chi connectivity index (χ2v) is 10.0. The average Bonchev–Trinajstić information content (AvgIpc) is 3.02. The number of methoxy groups -OCH3 is 4. The zero-order valence-corrected chi connectivity index (χ0v) is 24.2. The molecule has 0 unspecified atom stereocenters. The molecule has 8 heteroatoms. The maximum Gasteiger partial charge on any atom is 0.319 e. The van der Waals surface area contributed by atoms with Gasteiger partial charge >= 0.3 is 8.25 Å². The molecule has 0 heterocycles. The standard InChI is InChI=1S/C32H35O7P/c1-34-29-17-9-5-13-23(29)27(24-14-6-10-18-30(24)35-2)21-38-40(33)39-22-28(25-15-7-11-19-31(25)36-3)26-16-8-12-20-32(26)37-4/h5-20,27-28,40H,21-22H2,1-4H3. The van der Waals surface area contributed by atoms with Crippen molar-refractivity contribution in [3.05, 3.63) is 119 Å². The number of hydrogen-bond donors (Lipinski definition) is 0. The topological polar surface area (TPSA) is 72.5 Å². The first-order valence-corrected chi connectivity index (χ1v) is 14.1. The van der Waals surface area contributed by atoms with Crippen molar-refractivity contribution in [3.8, 4) is 23.0 Å². The van der Waals surface area contributed by atoms with E-state index in [9.17, 15) is 4.57 Å². The molecule has 0 saturated carbocycles. The molecule has 0 atom stereocenters. The Morgan fingerprint density at radius 3 is 0.975 bits per heavy atom. The highest BCUT2D eigenvalue weighted by Crippen LogP contribution is 2.41. The summed E-state index contributed by atoms with van der Waals surface area (Å²) in [5, 5.41) is 0. The summed E-state index contributed by atoms with van der Waals surface area (Å²) in [6.07, 6.45) is 0. The second-order valence-electron chi connectivity index (χ2n) is 8.94. The lowest BCUT2D eigenvalue weighted by Gasteiger charge is -2.24. The molecule has 0 aliphatic rings. The zero-order valence-electron chi connectivity index (χ0n) is 23.2. The van der Waals surface area contributed by atoms with E-state index < -0.39 is 8.25 Å². The Labute approximate surface area is 236 Å². The molecule has 0 radical (unpaired) electrons. The summed E-state index contributed by atoms with van der Waals surface area (Å²) in [6.45, 7) is 0.207. The van der Waals surface area contributed by atoms with Crippen molar-refractivity contribution in [1.82, 2.24) is 0 Å². The molecule has 0 aliphatic carbocycles. The van der Waals surface area contributed by atoms with Gasteiger partial charge in [-0.2, -0.15) is 0 Å². The second kappa shape index (κ2) is 14.6. The van der Waals surface area contributed by atoms with Crippen molar-refractivity contribution in [2.75, 3.05) is 41.7 Å². The predicted octanol–water partition coefficient (Wildman–Crippen LogP) is 7.11. The zero-order chi connectivity index (χ0) is 28.3. The van der Waals surface area contributed by atoms with Gasteiger partial charge in [-0.15, -0.1) is 0 Å². The van der Waals surface area contributed by atoms with E-state index in [0.717, 1.165) is 22.3 Å². The highest BCUT2D eigenvalue weighted by Gasteiger charge is 2.25. The highest BCUT2D eigenvalue weighted by atomic mass is 31.1. The van der Waals surface area contributed by atoms with E-state index in [0.29, 0.717) is 23.0 Å². The third kappa shape index (κ3) is 6.86. The summed E-state index contributed by atoms with van der Waals surface area (Å²) in [5.41, 5.74) is 3.57. The molecule has 0 spiro atoms. The molecule has 4 aromatic rings. The van der Waals surface area contributed by atoms with Gasteiger partial charge in [-0.1, -0.05) is 72.8 Å². The molecular weight excluding hydrogens is 527 g/mol. The quantitative estimate of drug-likeness (QED) is 0.152. The van der Waals surface area contributed by atoms with Gasteiger partial charge in [0, 0.05) is 34.1 Å². The molecule has 0 aliphatic heterocycles. The van der Waals surface area contributed by atoms with Crippen LogP contribution in [0.15, 0.2) is 97.1 Å².